The van der Waals surface area contributed by atoms with Crippen LogP contribution in [-0.4, -0.2) is 19.1 Å². The van der Waals surface area contributed by atoms with E-state index >= 15 is 0 Å². The Bertz CT molecular complexity index is 2780. The van der Waals surface area contributed by atoms with Gasteiger partial charge in [-0.3, -0.25) is 4.57 Å². The van der Waals surface area contributed by atoms with Crippen molar-refractivity contribution >= 4 is 49.7 Å². The Balaban J connectivity index is 1.18. The van der Waals surface area contributed by atoms with Gasteiger partial charge < -0.3 is 4.57 Å². The molecule has 232 valence electrons. The molecular weight excluding hydrogens is 597 g/mol. The summed E-state index contributed by atoms with van der Waals surface area (Å²) in [7, 11) is 0. The Morgan fingerprint density at radius 3 is 1.65 bits per heavy atom. The number of fused-ring (bicyclic) bond motifs is 7. The number of para-hydroxylation sites is 3. The molecule has 0 saturated heterocycles. The van der Waals surface area contributed by atoms with Gasteiger partial charge in [-0.1, -0.05) is 123 Å². The highest BCUT2D eigenvalue weighted by atomic mass is 15.2. The van der Waals surface area contributed by atoms with Gasteiger partial charge in [-0.05, 0) is 59.7 Å². The predicted octanol–water partition coefficient (Wildman–Crippen LogP) is 11.3. The Kier molecular flexibility index (Phi) is 5.89. The van der Waals surface area contributed by atoms with Crippen LogP contribution in [-0.2, 0) is 5.41 Å². The molecule has 49 heavy (non-hydrogen) atoms. The number of nitrogens with zero attached hydrogens (tertiary/aromatic N) is 4. The molecule has 0 radical (unpaired) electrons. The highest BCUT2D eigenvalue weighted by Gasteiger charge is 2.31. The third kappa shape index (κ3) is 4.17. The van der Waals surface area contributed by atoms with E-state index in [9.17, 15) is 0 Å². The van der Waals surface area contributed by atoms with E-state index in [0.717, 1.165) is 33.5 Å². The van der Waals surface area contributed by atoms with Gasteiger partial charge in [-0.25, -0.2) is 9.97 Å². The van der Waals surface area contributed by atoms with Crippen LogP contribution in [0, 0.1) is 0 Å². The van der Waals surface area contributed by atoms with Crippen molar-refractivity contribution in [2.24, 2.45) is 0 Å². The van der Waals surface area contributed by atoms with E-state index in [1.54, 1.807) is 0 Å². The molecule has 0 aliphatic heterocycles. The molecule has 3 heterocycles. The molecule has 4 heteroatoms. The fourth-order valence-electron chi connectivity index (χ4n) is 7.77. The van der Waals surface area contributed by atoms with E-state index in [1.807, 2.05) is 0 Å². The molecule has 3 aromatic heterocycles. The number of allylic oxidation sites excluding steroid dienone is 1. The number of aromatic nitrogens is 4. The van der Waals surface area contributed by atoms with Crippen molar-refractivity contribution in [1.82, 2.24) is 19.1 Å². The SMILES string of the molecule is CC1(C)C=Cc2c(-c3ccccc3)nc(-n3c4ccccc4c4cc(-c5ccc6c(c5)c5ccccc5n6-c5ccccc5)ccc43)nc21. The lowest BCUT2D eigenvalue weighted by Gasteiger charge is -2.19. The first-order valence-electron chi connectivity index (χ1n) is 16.8. The first-order valence-corrected chi connectivity index (χ1v) is 16.8. The minimum atomic E-state index is -0.190. The van der Waals surface area contributed by atoms with Gasteiger partial charge in [0.2, 0.25) is 5.95 Å². The van der Waals surface area contributed by atoms with Crippen molar-refractivity contribution in [3.8, 4) is 34.0 Å². The smallest absolute Gasteiger partial charge is 0.235 e. The quantitative estimate of drug-likeness (QED) is 0.194. The van der Waals surface area contributed by atoms with E-state index in [1.165, 1.54) is 49.4 Å². The standard InChI is InChI=1S/C45H32N4/c1-45(2)26-25-35-42(29-13-5-3-6-14-29)46-44(47-43(35)45)49-39-20-12-10-18-34(39)37-28-31(22-24-41(37)49)30-21-23-40-36(27-30)33-17-9-11-19-38(33)48(40)32-15-7-4-8-16-32/h3-28H,1-2H3. The first-order chi connectivity index (χ1) is 24.0. The van der Waals surface area contributed by atoms with Crippen molar-refractivity contribution in [3.05, 3.63) is 163 Å². The molecule has 10 rings (SSSR count). The Morgan fingerprint density at radius 2 is 1.00 bits per heavy atom. The van der Waals surface area contributed by atoms with Crippen LogP contribution in [0.25, 0.3) is 83.7 Å². The second-order valence-corrected chi connectivity index (χ2v) is 13.6. The molecule has 6 aromatic carbocycles. The molecular formula is C45H32N4. The Labute approximate surface area is 284 Å². The third-order valence-electron chi connectivity index (χ3n) is 10.2. The van der Waals surface area contributed by atoms with Crippen LogP contribution in [0.1, 0.15) is 25.1 Å². The maximum atomic E-state index is 5.29. The average molecular weight is 629 g/mol. The van der Waals surface area contributed by atoms with Crippen molar-refractivity contribution < 1.29 is 0 Å². The Hall–Kier alpha value is -6.26. The van der Waals surface area contributed by atoms with Gasteiger partial charge in [0.05, 0.1) is 33.5 Å². The minimum Gasteiger partial charge on any atom is -0.309 e. The van der Waals surface area contributed by atoms with E-state index in [-0.39, 0.29) is 5.41 Å². The third-order valence-corrected chi connectivity index (χ3v) is 10.2. The lowest BCUT2D eigenvalue weighted by Crippen LogP contribution is -2.16. The van der Waals surface area contributed by atoms with Crippen molar-refractivity contribution in [3.63, 3.8) is 0 Å². The van der Waals surface area contributed by atoms with Gasteiger partial charge in [0.25, 0.3) is 0 Å². The van der Waals surface area contributed by atoms with Gasteiger partial charge in [0.1, 0.15) is 0 Å². The number of rotatable bonds is 4. The Morgan fingerprint density at radius 1 is 0.469 bits per heavy atom. The fourth-order valence-corrected chi connectivity index (χ4v) is 7.77. The highest BCUT2D eigenvalue weighted by molar-refractivity contribution is 6.12. The van der Waals surface area contributed by atoms with E-state index in [2.05, 4.69) is 181 Å². The van der Waals surface area contributed by atoms with Gasteiger partial charge in [0.15, 0.2) is 0 Å². The van der Waals surface area contributed by atoms with E-state index in [0.29, 0.717) is 5.95 Å². The topological polar surface area (TPSA) is 35.6 Å². The molecule has 0 amide bonds. The number of benzene rings is 6. The van der Waals surface area contributed by atoms with Crippen LogP contribution in [0.4, 0.5) is 0 Å². The molecule has 0 saturated carbocycles. The van der Waals surface area contributed by atoms with Gasteiger partial charge in [-0.2, -0.15) is 0 Å². The largest absolute Gasteiger partial charge is 0.309 e. The van der Waals surface area contributed by atoms with Crippen LogP contribution in [0.3, 0.4) is 0 Å². The second-order valence-electron chi connectivity index (χ2n) is 13.6. The van der Waals surface area contributed by atoms with Crippen LogP contribution in [0.5, 0.6) is 0 Å². The number of hydrogen-bond donors (Lipinski definition) is 0. The van der Waals surface area contributed by atoms with Crippen LogP contribution in [0.2, 0.25) is 0 Å². The predicted molar refractivity (Wildman–Crippen MR) is 204 cm³/mol. The summed E-state index contributed by atoms with van der Waals surface area (Å²) in [5, 5.41) is 4.86. The van der Waals surface area contributed by atoms with E-state index < -0.39 is 0 Å². The summed E-state index contributed by atoms with van der Waals surface area (Å²) in [6.45, 7) is 4.46. The fraction of sp³-hybridized carbons (Fsp3) is 0.0667. The van der Waals surface area contributed by atoms with Gasteiger partial charge in [-0.15, -0.1) is 0 Å². The maximum Gasteiger partial charge on any atom is 0.235 e. The minimum absolute atomic E-state index is 0.190. The summed E-state index contributed by atoms with van der Waals surface area (Å²) in [5.41, 5.74) is 12.2. The second kappa shape index (κ2) is 10.4. The molecule has 0 atom stereocenters. The first kappa shape index (κ1) is 27.8. The zero-order valence-electron chi connectivity index (χ0n) is 27.3. The van der Waals surface area contributed by atoms with Crippen LogP contribution >= 0.6 is 0 Å². The van der Waals surface area contributed by atoms with Gasteiger partial charge in [0, 0.05) is 43.8 Å². The summed E-state index contributed by atoms with van der Waals surface area (Å²) < 4.78 is 4.61. The molecule has 0 bridgehead atoms. The van der Waals surface area contributed by atoms with Crippen molar-refractivity contribution in [2.75, 3.05) is 0 Å². The summed E-state index contributed by atoms with van der Waals surface area (Å²) in [6, 6.07) is 52.1. The number of hydrogen-bond acceptors (Lipinski definition) is 2. The lowest BCUT2D eigenvalue weighted by atomic mass is 9.91. The maximum absolute atomic E-state index is 5.29. The van der Waals surface area contributed by atoms with Crippen molar-refractivity contribution in [2.45, 2.75) is 19.3 Å². The summed E-state index contributed by atoms with van der Waals surface area (Å²) >= 11 is 0. The lowest BCUT2D eigenvalue weighted by molar-refractivity contribution is 0.651. The molecule has 0 N–H and O–H groups in total. The molecule has 0 fully saturated rings. The summed E-state index contributed by atoms with van der Waals surface area (Å²) in [5.74, 6) is 0.698. The molecule has 9 aromatic rings. The summed E-state index contributed by atoms with van der Waals surface area (Å²) in [6.07, 6.45) is 4.43. The zero-order chi connectivity index (χ0) is 32.7. The zero-order valence-corrected chi connectivity index (χ0v) is 27.3. The van der Waals surface area contributed by atoms with Crippen molar-refractivity contribution in [1.29, 1.82) is 0 Å². The average Bonchev–Trinajstić information content (AvgIpc) is 3.78. The normalized spacial score (nSPS) is 13.6. The van der Waals surface area contributed by atoms with E-state index in [4.69, 9.17) is 9.97 Å². The highest BCUT2D eigenvalue weighted by Crippen LogP contribution is 2.41. The van der Waals surface area contributed by atoms with Crippen LogP contribution < -0.4 is 0 Å². The molecule has 4 nitrogen and oxygen atoms in total. The monoisotopic (exact) mass is 628 g/mol. The molecule has 1 aliphatic rings. The van der Waals surface area contributed by atoms with Gasteiger partial charge >= 0.3 is 0 Å². The van der Waals surface area contributed by atoms with Crippen LogP contribution in [0.15, 0.2) is 152 Å². The molecule has 0 spiro atoms. The molecule has 0 unspecified atom stereocenters. The molecule has 1 aliphatic carbocycles. The summed E-state index contributed by atoms with van der Waals surface area (Å²) in [4.78, 5) is 10.6.